The van der Waals surface area contributed by atoms with Crippen LogP contribution in [0.2, 0.25) is 5.02 Å². The number of anilines is 2. The number of aryl methyl sites for hydroxylation is 2. The molecule has 3 aromatic rings. The van der Waals surface area contributed by atoms with Crippen molar-refractivity contribution >= 4 is 44.7 Å². The van der Waals surface area contributed by atoms with Crippen molar-refractivity contribution < 1.29 is 4.74 Å². The number of methoxy groups -OCH3 is 1. The molecule has 0 radical (unpaired) electrons. The summed E-state index contributed by atoms with van der Waals surface area (Å²) in [5, 5.41) is 4.93. The molecule has 0 bridgehead atoms. The quantitative estimate of drug-likeness (QED) is 0.759. The van der Waals surface area contributed by atoms with Crippen molar-refractivity contribution in [2.45, 2.75) is 13.8 Å². The predicted octanol–water partition coefficient (Wildman–Crippen LogP) is 4.71. The normalized spacial score (nSPS) is 10.9. The van der Waals surface area contributed by atoms with E-state index in [4.69, 9.17) is 16.3 Å². The Balaban J connectivity index is 2.04. The molecule has 1 aromatic carbocycles. The lowest BCUT2D eigenvalue weighted by Gasteiger charge is -2.09. The summed E-state index contributed by atoms with van der Waals surface area (Å²) in [5.74, 6) is 1.45. The van der Waals surface area contributed by atoms with E-state index in [1.807, 2.05) is 18.2 Å². The van der Waals surface area contributed by atoms with Crippen LogP contribution in [0.3, 0.4) is 0 Å². The van der Waals surface area contributed by atoms with Gasteiger partial charge in [0.15, 0.2) is 0 Å². The van der Waals surface area contributed by atoms with E-state index >= 15 is 0 Å². The minimum Gasteiger partial charge on any atom is -0.495 e. The zero-order chi connectivity index (χ0) is 15.0. The molecule has 0 atom stereocenters. The third-order valence-electron chi connectivity index (χ3n) is 3.38. The van der Waals surface area contributed by atoms with E-state index in [0.29, 0.717) is 10.8 Å². The van der Waals surface area contributed by atoms with Crippen molar-refractivity contribution in [2.75, 3.05) is 12.4 Å². The maximum atomic E-state index is 6.15. The number of nitrogens with one attached hydrogen (secondary N) is 1. The maximum Gasteiger partial charge on any atom is 0.142 e. The van der Waals surface area contributed by atoms with Crippen LogP contribution in [0.1, 0.15) is 10.4 Å². The fourth-order valence-electron chi connectivity index (χ4n) is 2.16. The van der Waals surface area contributed by atoms with Crippen LogP contribution in [0.5, 0.6) is 5.75 Å². The van der Waals surface area contributed by atoms with Gasteiger partial charge in [-0.3, -0.25) is 0 Å². The molecule has 0 saturated carbocycles. The predicted molar refractivity (Wildman–Crippen MR) is 88.2 cm³/mol. The number of benzene rings is 1. The van der Waals surface area contributed by atoms with E-state index in [-0.39, 0.29) is 0 Å². The molecule has 0 spiro atoms. The summed E-state index contributed by atoms with van der Waals surface area (Å²) in [5.41, 5.74) is 2.07. The molecule has 0 aliphatic rings. The minimum absolute atomic E-state index is 0.561. The highest BCUT2D eigenvalue weighted by atomic mass is 35.5. The van der Waals surface area contributed by atoms with Gasteiger partial charge in [-0.05, 0) is 37.6 Å². The number of thiophene rings is 1. The van der Waals surface area contributed by atoms with Gasteiger partial charge in [0.1, 0.15) is 22.7 Å². The van der Waals surface area contributed by atoms with Gasteiger partial charge in [0.25, 0.3) is 0 Å². The molecule has 0 unspecified atom stereocenters. The molecule has 1 N–H and O–H groups in total. The van der Waals surface area contributed by atoms with Crippen molar-refractivity contribution in [3.8, 4) is 5.75 Å². The summed E-state index contributed by atoms with van der Waals surface area (Å²) < 4.78 is 5.16. The number of nitrogens with zero attached hydrogens (tertiary/aromatic N) is 2. The number of hydrogen-bond acceptors (Lipinski definition) is 5. The summed E-state index contributed by atoms with van der Waals surface area (Å²) >= 11 is 7.83. The second kappa shape index (κ2) is 5.50. The highest BCUT2D eigenvalue weighted by Gasteiger charge is 2.12. The van der Waals surface area contributed by atoms with Crippen LogP contribution >= 0.6 is 22.9 Å². The lowest BCUT2D eigenvalue weighted by Crippen LogP contribution is -1.96. The Morgan fingerprint density at radius 2 is 2.05 bits per heavy atom. The van der Waals surface area contributed by atoms with E-state index in [2.05, 4.69) is 29.1 Å². The van der Waals surface area contributed by atoms with Crippen molar-refractivity contribution in [3.05, 3.63) is 40.0 Å². The largest absolute Gasteiger partial charge is 0.495 e. The standard InChI is InChI=1S/C15H14ClN3OS/c1-8-9(2)21-15-13(8)14(17-7-18-15)19-10-4-5-12(20-3)11(16)6-10/h4-7H,1-3H3,(H,17,18,19). The van der Waals surface area contributed by atoms with Crippen LogP contribution in [0.4, 0.5) is 11.5 Å². The first-order chi connectivity index (χ1) is 10.1. The van der Waals surface area contributed by atoms with Gasteiger partial charge in [-0.1, -0.05) is 11.6 Å². The Bertz CT molecular complexity index is 816. The lowest BCUT2D eigenvalue weighted by atomic mass is 10.2. The van der Waals surface area contributed by atoms with Gasteiger partial charge >= 0.3 is 0 Å². The number of fused-ring (bicyclic) bond motifs is 1. The first-order valence-corrected chi connectivity index (χ1v) is 7.61. The molecule has 4 nitrogen and oxygen atoms in total. The highest BCUT2D eigenvalue weighted by Crippen LogP contribution is 2.35. The summed E-state index contributed by atoms with van der Waals surface area (Å²) in [6.45, 7) is 4.18. The van der Waals surface area contributed by atoms with Crippen LogP contribution < -0.4 is 10.1 Å². The molecule has 2 heterocycles. The molecule has 2 aromatic heterocycles. The maximum absolute atomic E-state index is 6.15. The second-order valence-corrected chi connectivity index (χ2v) is 6.27. The summed E-state index contributed by atoms with van der Waals surface area (Å²) in [6, 6.07) is 5.56. The Kier molecular flexibility index (Phi) is 3.69. The molecule has 6 heteroatoms. The topological polar surface area (TPSA) is 47.0 Å². The molecule has 21 heavy (non-hydrogen) atoms. The first-order valence-electron chi connectivity index (χ1n) is 6.41. The van der Waals surface area contributed by atoms with Gasteiger partial charge in [-0.2, -0.15) is 0 Å². The van der Waals surface area contributed by atoms with Crippen molar-refractivity contribution in [3.63, 3.8) is 0 Å². The molecule has 0 aliphatic heterocycles. The Morgan fingerprint density at radius 3 is 2.76 bits per heavy atom. The van der Waals surface area contributed by atoms with Gasteiger partial charge in [0.05, 0.1) is 17.5 Å². The first kappa shape index (κ1) is 14.1. The molecule has 0 aliphatic carbocycles. The van der Waals surface area contributed by atoms with Gasteiger partial charge in [0.2, 0.25) is 0 Å². The van der Waals surface area contributed by atoms with Crippen LogP contribution in [0, 0.1) is 13.8 Å². The summed E-state index contributed by atoms with van der Waals surface area (Å²) in [6.07, 6.45) is 1.57. The van der Waals surface area contributed by atoms with E-state index in [1.54, 1.807) is 24.8 Å². The van der Waals surface area contributed by atoms with Crippen molar-refractivity contribution in [1.82, 2.24) is 9.97 Å². The smallest absolute Gasteiger partial charge is 0.142 e. The number of ether oxygens (including phenoxy) is 1. The zero-order valence-electron chi connectivity index (χ0n) is 11.9. The SMILES string of the molecule is COc1ccc(Nc2ncnc3sc(C)c(C)c23)cc1Cl. The van der Waals surface area contributed by atoms with Crippen LogP contribution in [-0.2, 0) is 0 Å². The van der Waals surface area contributed by atoms with Crippen LogP contribution in [0.25, 0.3) is 10.2 Å². The monoisotopic (exact) mass is 319 g/mol. The average molecular weight is 320 g/mol. The van der Waals surface area contributed by atoms with E-state index in [0.717, 1.165) is 21.7 Å². The van der Waals surface area contributed by atoms with Gasteiger partial charge in [-0.15, -0.1) is 11.3 Å². The second-order valence-electron chi connectivity index (χ2n) is 4.66. The van der Waals surface area contributed by atoms with Crippen molar-refractivity contribution in [2.24, 2.45) is 0 Å². The molecule has 0 fully saturated rings. The molecular weight excluding hydrogens is 306 g/mol. The molecule has 3 rings (SSSR count). The Hall–Kier alpha value is -1.85. The summed E-state index contributed by atoms with van der Waals surface area (Å²) in [7, 11) is 1.60. The minimum atomic E-state index is 0.561. The van der Waals surface area contributed by atoms with Crippen LogP contribution in [-0.4, -0.2) is 17.1 Å². The molecule has 108 valence electrons. The number of halogens is 1. The third-order valence-corrected chi connectivity index (χ3v) is 4.79. The number of hydrogen-bond donors (Lipinski definition) is 1. The lowest BCUT2D eigenvalue weighted by molar-refractivity contribution is 0.415. The van der Waals surface area contributed by atoms with Gasteiger partial charge < -0.3 is 10.1 Å². The average Bonchev–Trinajstić information content (AvgIpc) is 2.75. The van der Waals surface area contributed by atoms with E-state index < -0.39 is 0 Å². The Morgan fingerprint density at radius 1 is 1.24 bits per heavy atom. The third kappa shape index (κ3) is 2.54. The van der Waals surface area contributed by atoms with Gasteiger partial charge in [0, 0.05) is 10.6 Å². The Labute approximate surface area is 131 Å². The van der Waals surface area contributed by atoms with Crippen molar-refractivity contribution in [1.29, 1.82) is 0 Å². The van der Waals surface area contributed by atoms with Gasteiger partial charge in [-0.25, -0.2) is 9.97 Å². The highest BCUT2D eigenvalue weighted by molar-refractivity contribution is 7.18. The molecule has 0 saturated heterocycles. The number of rotatable bonds is 3. The van der Waals surface area contributed by atoms with E-state index in [1.165, 1.54) is 10.4 Å². The summed E-state index contributed by atoms with van der Waals surface area (Å²) in [4.78, 5) is 10.9. The van der Waals surface area contributed by atoms with Crippen LogP contribution in [0.15, 0.2) is 24.5 Å². The fourth-order valence-corrected chi connectivity index (χ4v) is 3.41. The fraction of sp³-hybridized carbons (Fsp3) is 0.200. The molecular formula is C15H14ClN3OS. The van der Waals surface area contributed by atoms with E-state index in [9.17, 15) is 0 Å². The molecule has 0 amide bonds. The zero-order valence-corrected chi connectivity index (χ0v) is 13.5. The number of aromatic nitrogens is 2.